The normalized spacial score (nSPS) is 15.3. The van der Waals surface area contributed by atoms with E-state index in [2.05, 4.69) is 38.8 Å². The molecule has 3 aromatic rings. The lowest BCUT2D eigenvalue weighted by molar-refractivity contribution is 0.258. The van der Waals surface area contributed by atoms with Crippen LogP contribution in [0, 0.1) is 11.3 Å². The van der Waals surface area contributed by atoms with Gasteiger partial charge in [0.05, 0.1) is 13.2 Å². The molecule has 1 fully saturated rings. The third-order valence-electron chi connectivity index (χ3n) is 4.98. The molecule has 1 N–H and O–H groups in total. The zero-order valence-electron chi connectivity index (χ0n) is 15.7. The molecule has 6 nitrogen and oxygen atoms in total. The molecule has 28 heavy (non-hydrogen) atoms. The van der Waals surface area contributed by atoms with E-state index in [9.17, 15) is 5.26 Å². The zero-order chi connectivity index (χ0) is 19.3. The molecule has 2 aromatic heterocycles. The fraction of sp³-hybridized carbons (Fsp3) is 0.333. The quantitative estimate of drug-likeness (QED) is 0.634. The summed E-state index contributed by atoms with van der Waals surface area (Å²) in [5.41, 5.74) is 1.08. The van der Waals surface area contributed by atoms with Crippen molar-refractivity contribution in [2.24, 2.45) is 0 Å². The Morgan fingerprint density at radius 3 is 2.71 bits per heavy atom. The third kappa shape index (κ3) is 3.88. The molecule has 4 rings (SSSR count). The van der Waals surface area contributed by atoms with Gasteiger partial charge in [0, 0.05) is 17.0 Å². The van der Waals surface area contributed by atoms with Gasteiger partial charge in [0.15, 0.2) is 0 Å². The first-order valence-corrected chi connectivity index (χ1v) is 10.2. The first kappa shape index (κ1) is 18.5. The smallest absolute Gasteiger partial charge is 0.232 e. The molecule has 0 spiro atoms. The summed E-state index contributed by atoms with van der Waals surface area (Å²) in [7, 11) is 1.63. The molecule has 3 heterocycles. The van der Waals surface area contributed by atoms with E-state index in [1.807, 2.05) is 24.3 Å². The Morgan fingerprint density at radius 2 is 2.07 bits per heavy atom. The van der Waals surface area contributed by atoms with Crippen LogP contribution in [0.1, 0.15) is 29.5 Å². The van der Waals surface area contributed by atoms with Gasteiger partial charge in [-0.05, 0) is 61.6 Å². The fourth-order valence-corrected chi connectivity index (χ4v) is 4.37. The maximum Gasteiger partial charge on any atom is 0.232 e. The van der Waals surface area contributed by atoms with Gasteiger partial charge in [-0.3, -0.25) is 4.90 Å². The summed E-state index contributed by atoms with van der Waals surface area (Å²) in [6, 6.07) is 14.1. The Balaban J connectivity index is 1.53. The number of hydrogen-bond acceptors (Lipinski definition) is 7. The molecule has 1 aromatic carbocycles. The first-order valence-electron chi connectivity index (χ1n) is 9.35. The molecule has 0 bridgehead atoms. The number of hydrogen-bond donors (Lipinski definition) is 1. The number of rotatable bonds is 7. The number of thiophene rings is 1. The van der Waals surface area contributed by atoms with Gasteiger partial charge in [0.25, 0.3) is 0 Å². The van der Waals surface area contributed by atoms with Crippen molar-refractivity contribution in [2.75, 3.05) is 32.1 Å². The predicted molar refractivity (Wildman–Crippen MR) is 110 cm³/mol. The van der Waals surface area contributed by atoms with E-state index in [1.54, 1.807) is 18.4 Å². The molecular formula is C21H22N4O2S. The third-order valence-corrected chi connectivity index (χ3v) is 5.95. The highest BCUT2D eigenvalue weighted by Crippen LogP contribution is 2.31. The Labute approximate surface area is 168 Å². The number of nitrogens with zero attached hydrogens (tertiary/aromatic N) is 3. The number of nitrogens with one attached hydrogen (secondary N) is 1. The van der Waals surface area contributed by atoms with Gasteiger partial charge >= 0.3 is 0 Å². The Morgan fingerprint density at radius 1 is 1.29 bits per heavy atom. The minimum atomic E-state index is 0.267. The molecule has 1 atom stereocenters. The minimum absolute atomic E-state index is 0.267. The number of likely N-dealkylation sites (tertiary alicyclic amines) is 1. The van der Waals surface area contributed by atoms with E-state index in [4.69, 9.17) is 9.15 Å². The van der Waals surface area contributed by atoms with Crippen LogP contribution in [-0.2, 0) is 0 Å². The van der Waals surface area contributed by atoms with Crippen molar-refractivity contribution in [2.45, 2.75) is 18.9 Å². The van der Waals surface area contributed by atoms with Crippen molar-refractivity contribution in [1.29, 1.82) is 5.26 Å². The van der Waals surface area contributed by atoms with Crippen molar-refractivity contribution in [3.63, 3.8) is 0 Å². The van der Waals surface area contributed by atoms with Gasteiger partial charge in [-0.2, -0.15) is 10.2 Å². The summed E-state index contributed by atoms with van der Waals surface area (Å²) >= 11 is 1.76. The van der Waals surface area contributed by atoms with Crippen LogP contribution in [-0.4, -0.2) is 36.6 Å². The number of anilines is 1. The van der Waals surface area contributed by atoms with E-state index in [0.29, 0.717) is 18.3 Å². The Hall–Kier alpha value is -2.82. The lowest BCUT2D eigenvalue weighted by Gasteiger charge is -2.26. The summed E-state index contributed by atoms with van der Waals surface area (Å²) in [6.45, 7) is 2.87. The molecule has 7 heteroatoms. The maximum atomic E-state index is 9.48. The molecule has 0 aliphatic carbocycles. The highest BCUT2D eigenvalue weighted by molar-refractivity contribution is 7.10. The van der Waals surface area contributed by atoms with Crippen LogP contribution in [0.3, 0.4) is 0 Å². The van der Waals surface area contributed by atoms with Crippen LogP contribution in [0.5, 0.6) is 5.75 Å². The number of ether oxygens (including phenoxy) is 1. The van der Waals surface area contributed by atoms with Gasteiger partial charge in [-0.25, -0.2) is 0 Å². The van der Waals surface area contributed by atoms with Crippen LogP contribution in [0.4, 0.5) is 5.88 Å². The van der Waals surface area contributed by atoms with Gasteiger partial charge in [0.1, 0.15) is 11.8 Å². The average molecular weight is 395 g/mol. The molecule has 0 amide bonds. The van der Waals surface area contributed by atoms with Gasteiger partial charge in [-0.15, -0.1) is 11.3 Å². The van der Waals surface area contributed by atoms with Crippen molar-refractivity contribution >= 4 is 17.2 Å². The van der Waals surface area contributed by atoms with Crippen LogP contribution in [0.25, 0.3) is 11.5 Å². The topological polar surface area (TPSA) is 74.3 Å². The SMILES string of the molecule is COc1ccc(-c2nc(C#N)c(NC[C@@H](c3cccs3)N3CCCC3)o2)cc1. The average Bonchev–Trinajstić information content (AvgIpc) is 3.50. The summed E-state index contributed by atoms with van der Waals surface area (Å²) < 4.78 is 11.1. The second kappa shape index (κ2) is 8.46. The highest BCUT2D eigenvalue weighted by Gasteiger charge is 2.25. The minimum Gasteiger partial charge on any atom is -0.497 e. The number of oxazole rings is 1. The Bertz CT molecular complexity index is 938. The predicted octanol–water partition coefficient (Wildman–Crippen LogP) is 4.53. The zero-order valence-corrected chi connectivity index (χ0v) is 16.5. The second-order valence-corrected chi connectivity index (χ2v) is 7.67. The number of nitriles is 1. The number of benzene rings is 1. The van der Waals surface area contributed by atoms with Gasteiger partial charge in [-0.1, -0.05) is 6.07 Å². The molecule has 0 radical (unpaired) electrons. The summed E-state index contributed by atoms with van der Waals surface area (Å²) in [5, 5.41) is 14.9. The maximum absolute atomic E-state index is 9.48. The van der Waals surface area contributed by atoms with Gasteiger partial charge in [0.2, 0.25) is 17.5 Å². The monoisotopic (exact) mass is 394 g/mol. The van der Waals surface area contributed by atoms with Crippen molar-refractivity contribution in [3.8, 4) is 23.3 Å². The number of aromatic nitrogens is 1. The molecule has 1 saturated heterocycles. The van der Waals surface area contributed by atoms with E-state index >= 15 is 0 Å². The van der Waals surface area contributed by atoms with E-state index in [1.165, 1.54) is 17.7 Å². The first-order chi connectivity index (χ1) is 13.8. The Kier molecular flexibility index (Phi) is 5.60. The fourth-order valence-electron chi connectivity index (χ4n) is 3.51. The van der Waals surface area contributed by atoms with Crippen molar-refractivity contribution in [3.05, 3.63) is 52.3 Å². The summed E-state index contributed by atoms with van der Waals surface area (Å²) in [6.07, 6.45) is 2.46. The lowest BCUT2D eigenvalue weighted by Crippen LogP contribution is -2.30. The van der Waals surface area contributed by atoms with Crippen LogP contribution in [0.15, 0.2) is 46.2 Å². The van der Waals surface area contributed by atoms with Crippen LogP contribution < -0.4 is 10.1 Å². The number of methoxy groups -OCH3 is 1. The van der Waals surface area contributed by atoms with Crippen molar-refractivity contribution in [1.82, 2.24) is 9.88 Å². The molecule has 0 saturated carbocycles. The van der Waals surface area contributed by atoms with Crippen molar-refractivity contribution < 1.29 is 9.15 Å². The molecule has 0 unspecified atom stereocenters. The van der Waals surface area contributed by atoms with Crippen LogP contribution >= 0.6 is 11.3 Å². The molecular weight excluding hydrogens is 372 g/mol. The lowest BCUT2D eigenvalue weighted by atomic mass is 10.2. The molecule has 144 valence electrons. The second-order valence-electron chi connectivity index (χ2n) is 6.69. The molecule has 1 aliphatic rings. The summed E-state index contributed by atoms with van der Waals surface area (Å²) in [5.74, 6) is 1.61. The van der Waals surface area contributed by atoms with E-state index < -0.39 is 0 Å². The van der Waals surface area contributed by atoms with Crippen LogP contribution in [0.2, 0.25) is 0 Å². The highest BCUT2D eigenvalue weighted by atomic mass is 32.1. The largest absolute Gasteiger partial charge is 0.497 e. The summed E-state index contributed by atoms with van der Waals surface area (Å²) in [4.78, 5) is 8.16. The standard InChI is InChI=1S/C21H22N4O2S/c1-26-16-8-6-15(7-9-16)20-24-17(13-22)21(27-20)23-14-18(19-5-4-12-28-19)25-10-2-3-11-25/h4-9,12,18,23H,2-3,10-11,14H2,1H3/t18-/m0/s1. The van der Waals surface area contributed by atoms with Gasteiger partial charge < -0.3 is 14.5 Å². The van der Waals surface area contributed by atoms with E-state index in [-0.39, 0.29) is 11.7 Å². The van der Waals surface area contributed by atoms with E-state index in [0.717, 1.165) is 24.4 Å². The molecule has 1 aliphatic heterocycles.